The molecule has 0 aromatic heterocycles. The number of hydrogen-bond acceptors (Lipinski definition) is 11. The van der Waals surface area contributed by atoms with E-state index in [-0.39, 0.29) is 71.4 Å². The number of allylic oxidation sites excluding steroid dienone is 6. The Kier molecular flexibility index (Phi) is 21.0. The molecule has 3 aliphatic rings. The van der Waals surface area contributed by atoms with Gasteiger partial charge in [0.15, 0.2) is 5.71 Å². The lowest BCUT2D eigenvalue weighted by molar-refractivity contribution is -0.438. The zero-order chi connectivity index (χ0) is 51.9. The van der Waals surface area contributed by atoms with E-state index in [2.05, 4.69) is 92.8 Å². The second-order valence-corrected chi connectivity index (χ2v) is 22.2. The summed E-state index contributed by atoms with van der Waals surface area (Å²) in [5.41, 5.74) is 12.1. The van der Waals surface area contributed by atoms with Gasteiger partial charge < -0.3 is 25.4 Å². The number of fused-ring (bicyclic) bond motifs is 2. The van der Waals surface area contributed by atoms with Crippen LogP contribution in [0.2, 0.25) is 0 Å². The Morgan fingerprint density at radius 1 is 0.887 bits per heavy atom. The highest BCUT2D eigenvalue weighted by molar-refractivity contribution is 8.00. The number of hydrogen-bond donors (Lipinski definition) is 3. The van der Waals surface area contributed by atoms with Crippen molar-refractivity contribution in [3.8, 4) is 0 Å². The number of aryl methyl sites for hydroxylation is 1. The fourth-order valence-electron chi connectivity index (χ4n) is 9.56. The molecular formula is C54H76N5O10S2+. The number of thioether (sulfide) groups is 1. The first-order chi connectivity index (χ1) is 33.7. The van der Waals surface area contributed by atoms with Crippen LogP contribution in [-0.4, -0.2) is 121 Å². The number of imide groups is 1. The van der Waals surface area contributed by atoms with Crippen molar-refractivity contribution in [2.24, 2.45) is 11.7 Å². The van der Waals surface area contributed by atoms with Crippen LogP contribution in [0.1, 0.15) is 122 Å². The van der Waals surface area contributed by atoms with Crippen LogP contribution in [0, 0.1) is 12.8 Å². The third-order valence-electron chi connectivity index (χ3n) is 13.6. The van der Waals surface area contributed by atoms with Gasteiger partial charge in [-0.3, -0.25) is 33.4 Å². The second-order valence-electron chi connectivity index (χ2n) is 19.6. The van der Waals surface area contributed by atoms with Gasteiger partial charge in [-0.25, -0.2) is 0 Å². The number of likely N-dealkylation sites (N-methyl/N-ethyl adjacent to an activating group) is 1. The monoisotopic (exact) mass is 1020 g/mol. The highest BCUT2D eigenvalue weighted by atomic mass is 32.2. The molecule has 3 aliphatic heterocycles. The fourth-order valence-corrected chi connectivity index (χ4v) is 11.5. The molecule has 1 unspecified atom stereocenters. The van der Waals surface area contributed by atoms with Crippen LogP contribution in [0.4, 0.5) is 11.4 Å². The molecule has 2 atom stereocenters. The highest BCUT2D eigenvalue weighted by Gasteiger charge is 2.45. The standard InChI is InChI=1S/C54H75N5O10S2/c1-8-39(51(63)56-27-31-69-33-32-68-30-17-22-49(55)61)37-70-46-36-50(62)59(52(46)64)29-16-19-40(60)18-12-11-15-28-58-45-26-24-41(71(65,66)67)35-43(45)54(6,7)48(58)21-14-10-13-20-47-53(4,5)42-34-38(3)23-25-44(42)57(47)9-2/h10,13-14,20-21,23-26,34-35,39,46H,8-9,11-12,15-19,22,27-33,36-37H2,1-7H3,(H3-,55,56,61,63,65,66,67)/p+1/t39-,46?/m1/s1. The van der Waals surface area contributed by atoms with Crippen molar-refractivity contribution in [3.05, 3.63) is 89.2 Å². The molecule has 2 aromatic rings. The van der Waals surface area contributed by atoms with E-state index in [1.54, 1.807) is 12.1 Å². The zero-order valence-electron chi connectivity index (χ0n) is 42.8. The average Bonchev–Trinajstić information content (AvgIpc) is 3.80. The number of anilines is 1. The van der Waals surface area contributed by atoms with Gasteiger partial charge in [-0.1, -0.05) is 56.7 Å². The van der Waals surface area contributed by atoms with Crippen LogP contribution in [0.25, 0.3) is 0 Å². The molecule has 17 heteroatoms. The van der Waals surface area contributed by atoms with E-state index in [9.17, 15) is 36.9 Å². The Hall–Kier alpha value is -4.94. The molecule has 4 N–H and O–H groups in total. The summed E-state index contributed by atoms with van der Waals surface area (Å²) in [6.07, 6.45) is 15.1. The van der Waals surface area contributed by atoms with Crippen LogP contribution in [0.5, 0.6) is 0 Å². The number of unbranched alkanes of at least 4 members (excludes halogenated alkanes) is 2. The zero-order valence-corrected chi connectivity index (χ0v) is 44.4. The molecule has 0 saturated carbocycles. The van der Waals surface area contributed by atoms with Gasteiger partial charge in [0.1, 0.15) is 12.3 Å². The van der Waals surface area contributed by atoms with Crippen molar-refractivity contribution >= 4 is 68.4 Å². The van der Waals surface area contributed by atoms with E-state index < -0.39 is 20.8 Å². The maximum atomic E-state index is 13.2. The summed E-state index contributed by atoms with van der Waals surface area (Å²) in [4.78, 5) is 66.1. The highest BCUT2D eigenvalue weighted by Crippen LogP contribution is 2.48. The van der Waals surface area contributed by atoms with Crippen molar-refractivity contribution in [3.63, 3.8) is 0 Å². The summed E-state index contributed by atoms with van der Waals surface area (Å²) in [6.45, 7) is 18.3. The van der Waals surface area contributed by atoms with E-state index in [1.165, 1.54) is 45.2 Å². The molecule has 0 bridgehead atoms. The van der Waals surface area contributed by atoms with E-state index >= 15 is 0 Å². The number of ether oxygens (including phenoxy) is 2. The number of nitrogens with two attached hydrogens (primary N) is 1. The summed E-state index contributed by atoms with van der Waals surface area (Å²) in [5, 5.41) is 2.32. The van der Waals surface area contributed by atoms with Crippen LogP contribution < -0.4 is 16.0 Å². The predicted octanol–water partition coefficient (Wildman–Crippen LogP) is 7.64. The van der Waals surface area contributed by atoms with Crippen LogP contribution in [-0.2, 0) is 54.4 Å². The minimum atomic E-state index is -4.41. The number of nitrogens with one attached hydrogen (secondary N) is 1. The van der Waals surface area contributed by atoms with Crippen molar-refractivity contribution in [1.29, 1.82) is 0 Å². The number of benzene rings is 2. The quantitative estimate of drug-likeness (QED) is 0.0227. The summed E-state index contributed by atoms with van der Waals surface area (Å²) in [6, 6.07) is 11.4. The van der Waals surface area contributed by atoms with Gasteiger partial charge in [0.05, 0.1) is 35.4 Å². The number of carbonyl (C=O) groups excluding carboxylic acids is 5. The largest absolute Gasteiger partial charge is 0.379 e. The summed E-state index contributed by atoms with van der Waals surface area (Å²) in [5.74, 6) is -0.888. The minimum absolute atomic E-state index is 0.0734. The minimum Gasteiger partial charge on any atom is -0.379 e. The van der Waals surface area contributed by atoms with Gasteiger partial charge in [0, 0.05) is 105 Å². The van der Waals surface area contributed by atoms with E-state index in [0.29, 0.717) is 77.4 Å². The van der Waals surface area contributed by atoms with E-state index in [0.717, 1.165) is 36.3 Å². The topological polar surface area (TPSA) is 206 Å². The van der Waals surface area contributed by atoms with Gasteiger partial charge in [-0.2, -0.15) is 13.0 Å². The first-order valence-electron chi connectivity index (χ1n) is 25.1. The molecule has 4 amide bonds. The maximum absolute atomic E-state index is 13.2. The lowest BCUT2D eigenvalue weighted by atomic mass is 9.81. The number of carbonyl (C=O) groups is 5. The molecular weight excluding hydrogens is 943 g/mol. The Morgan fingerprint density at radius 3 is 2.32 bits per heavy atom. The predicted molar refractivity (Wildman–Crippen MR) is 280 cm³/mol. The van der Waals surface area contributed by atoms with Crippen molar-refractivity contribution < 1.29 is 51.0 Å². The van der Waals surface area contributed by atoms with Crippen molar-refractivity contribution in [1.82, 2.24) is 10.2 Å². The Labute approximate surface area is 425 Å². The van der Waals surface area contributed by atoms with Crippen molar-refractivity contribution in [2.45, 2.75) is 134 Å². The normalized spacial score (nSPS) is 18.4. The lowest BCUT2D eigenvalue weighted by Gasteiger charge is -2.25. The number of ketones is 1. The molecule has 0 spiro atoms. The lowest BCUT2D eigenvalue weighted by Crippen LogP contribution is -2.35. The molecule has 0 aliphatic carbocycles. The number of amides is 4. The summed E-state index contributed by atoms with van der Waals surface area (Å²) < 4.78 is 47.3. The number of nitrogens with zero attached hydrogens (tertiary/aromatic N) is 3. The first kappa shape index (κ1) is 57.0. The Morgan fingerprint density at radius 2 is 1.62 bits per heavy atom. The smallest absolute Gasteiger partial charge is 0.294 e. The SMILES string of the molecule is CC[C@H](CSC1CC(=O)N(CCCC(=O)CCCCC[N+]2=C(C=CC=CC=C3N(CC)c4ccc(C)cc4C3(C)C)C(C)(C)c3cc(S(=O)(=O)O)ccc32)C1=O)C(=O)NCCOCCOCCCC(N)=O. The van der Waals surface area contributed by atoms with Gasteiger partial charge in [0.2, 0.25) is 29.3 Å². The molecule has 15 nitrogen and oxygen atoms in total. The second kappa shape index (κ2) is 26.1. The van der Waals surface area contributed by atoms with Crippen molar-refractivity contribution in [2.75, 3.05) is 63.3 Å². The average molecular weight is 1020 g/mol. The molecule has 388 valence electrons. The first-order valence-corrected chi connectivity index (χ1v) is 27.6. The van der Waals surface area contributed by atoms with Gasteiger partial charge in [0.25, 0.3) is 10.1 Å². The Balaban J connectivity index is 1.07. The molecule has 0 radical (unpaired) electrons. The maximum Gasteiger partial charge on any atom is 0.294 e. The molecule has 3 heterocycles. The van der Waals surface area contributed by atoms with Gasteiger partial charge >= 0.3 is 0 Å². The third-order valence-corrected chi connectivity index (χ3v) is 15.8. The third kappa shape index (κ3) is 15.1. The number of Topliss-reactive ketones (excluding diaryl/α,β-unsaturated/α-hetero) is 1. The van der Waals surface area contributed by atoms with Crippen LogP contribution in [0.15, 0.2) is 77.4 Å². The van der Waals surface area contributed by atoms with Crippen LogP contribution in [0.3, 0.4) is 0 Å². The molecule has 5 rings (SSSR count). The summed E-state index contributed by atoms with van der Waals surface area (Å²) >= 11 is 1.32. The molecule has 2 aromatic carbocycles. The molecule has 1 saturated heterocycles. The molecule has 71 heavy (non-hydrogen) atoms. The number of primary amides is 1. The van der Waals surface area contributed by atoms with Gasteiger partial charge in [-0.05, 0) is 89.6 Å². The fraction of sp³-hybridized carbons (Fsp3) is 0.556. The molecule has 1 fully saturated rings. The summed E-state index contributed by atoms with van der Waals surface area (Å²) in [7, 11) is -4.41. The number of rotatable bonds is 30. The Bertz CT molecular complexity index is 2500. The van der Waals surface area contributed by atoms with E-state index in [1.807, 2.05) is 19.1 Å². The van der Waals surface area contributed by atoms with Crippen LogP contribution >= 0.6 is 11.8 Å². The van der Waals surface area contributed by atoms with E-state index in [4.69, 9.17) is 15.2 Å². The number of likely N-dealkylation sites (tertiary alicyclic amines) is 1. The van der Waals surface area contributed by atoms with Gasteiger partial charge in [-0.15, -0.1) is 11.8 Å².